The molecule has 0 unspecified atom stereocenters. The number of nitrogens with zero attached hydrogens (tertiary/aromatic N) is 3. The molecule has 11 rings (SSSR count). The molecule has 53 heavy (non-hydrogen) atoms. The fourth-order valence-electron chi connectivity index (χ4n) is 8.61. The molecule has 250 valence electrons. The number of hydrogen-bond acceptors (Lipinski definition) is 3. The summed E-state index contributed by atoms with van der Waals surface area (Å²) in [7, 11) is 0. The minimum Gasteiger partial charge on any atom is -0.455 e. The van der Waals surface area contributed by atoms with E-state index >= 15 is 0 Å². The Hall–Kier alpha value is -6.78. The van der Waals surface area contributed by atoms with Crippen LogP contribution in [0.1, 0.15) is 25.0 Å². The zero-order valence-electron chi connectivity index (χ0n) is 29.3. The van der Waals surface area contributed by atoms with Crippen molar-refractivity contribution in [2.75, 3.05) is 0 Å². The summed E-state index contributed by atoms with van der Waals surface area (Å²) < 4.78 is 8.86. The SMILES string of the molecule is CC1(C)c2ccccc2-c2cc3c(cc21)c1ccccc1n3-c1cc(-c2ccc(-c3ccccc3)cc2)nc(-c2cccc3c2oc2ccccc23)n1. The lowest BCUT2D eigenvalue weighted by Gasteiger charge is -2.21. The monoisotopic (exact) mass is 679 g/mol. The minimum atomic E-state index is -0.101. The maximum Gasteiger partial charge on any atom is 0.165 e. The van der Waals surface area contributed by atoms with Gasteiger partial charge >= 0.3 is 0 Å². The number of rotatable bonds is 4. The molecule has 4 heteroatoms. The van der Waals surface area contributed by atoms with Gasteiger partial charge in [-0.2, -0.15) is 0 Å². The molecule has 3 aromatic heterocycles. The highest BCUT2D eigenvalue weighted by Gasteiger charge is 2.36. The van der Waals surface area contributed by atoms with Crippen LogP contribution in [0.4, 0.5) is 0 Å². The molecule has 0 fully saturated rings. The van der Waals surface area contributed by atoms with Gasteiger partial charge in [-0.15, -0.1) is 0 Å². The first-order valence-electron chi connectivity index (χ1n) is 18.2. The standard InChI is InChI=1S/C49H33N3O/c1-49(2)40-20-9-6-15-33(40)38-28-44-39(27-41(38)49)34-16-7-10-21-43(34)52(44)46-29-42(32-25-23-31(24-26-32)30-13-4-3-5-14-30)50-48(51-46)37-19-12-18-36-35-17-8-11-22-45(35)53-47(36)37/h3-29H,1-2H3. The van der Waals surface area contributed by atoms with Gasteiger partial charge in [-0.3, -0.25) is 4.57 Å². The molecule has 0 aliphatic heterocycles. The maximum absolute atomic E-state index is 6.54. The van der Waals surface area contributed by atoms with Gasteiger partial charge in [0.25, 0.3) is 0 Å². The third-order valence-electron chi connectivity index (χ3n) is 11.3. The van der Waals surface area contributed by atoms with Crippen LogP contribution in [0.25, 0.3) is 94.5 Å². The number of furan rings is 1. The first-order chi connectivity index (χ1) is 26.0. The van der Waals surface area contributed by atoms with Crippen LogP contribution in [0.2, 0.25) is 0 Å². The van der Waals surface area contributed by atoms with Gasteiger partial charge < -0.3 is 4.42 Å². The van der Waals surface area contributed by atoms with Crippen LogP contribution >= 0.6 is 0 Å². The van der Waals surface area contributed by atoms with Crippen molar-refractivity contribution in [2.24, 2.45) is 0 Å². The molecule has 0 atom stereocenters. The Morgan fingerprint density at radius 2 is 1.15 bits per heavy atom. The van der Waals surface area contributed by atoms with E-state index < -0.39 is 0 Å². The van der Waals surface area contributed by atoms with Crippen molar-refractivity contribution in [3.63, 3.8) is 0 Å². The summed E-state index contributed by atoms with van der Waals surface area (Å²) in [6, 6.07) is 58.1. The second-order valence-corrected chi connectivity index (χ2v) is 14.6. The summed E-state index contributed by atoms with van der Waals surface area (Å²) >= 11 is 0. The smallest absolute Gasteiger partial charge is 0.165 e. The number of para-hydroxylation sites is 3. The summed E-state index contributed by atoms with van der Waals surface area (Å²) in [6.07, 6.45) is 0. The Labute approximate surface area is 306 Å². The van der Waals surface area contributed by atoms with Crippen molar-refractivity contribution in [2.45, 2.75) is 19.3 Å². The van der Waals surface area contributed by atoms with E-state index in [1.165, 1.54) is 38.6 Å². The third kappa shape index (κ3) is 4.42. The van der Waals surface area contributed by atoms with Gasteiger partial charge in [-0.25, -0.2) is 9.97 Å². The second-order valence-electron chi connectivity index (χ2n) is 14.6. The Balaban J connectivity index is 1.19. The Morgan fingerprint density at radius 3 is 2.02 bits per heavy atom. The summed E-state index contributed by atoms with van der Waals surface area (Å²) in [6.45, 7) is 4.68. The van der Waals surface area contributed by atoms with E-state index in [4.69, 9.17) is 14.4 Å². The minimum absolute atomic E-state index is 0.101. The normalized spacial score (nSPS) is 13.2. The lowest BCUT2D eigenvalue weighted by Crippen LogP contribution is -2.14. The van der Waals surface area contributed by atoms with Gasteiger partial charge in [0, 0.05) is 38.6 Å². The fraction of sp³-hybridized carbons (Fsp3) is 0.0612. The number of fused-ring (bicyclic) bond motifs is 9. The third-order valence-corrected chi connectivity index (χ3v) is 11.3. The van der Waals surface area contributed by atoms with Gasteiger partial charge in [0.15, 0.2) is 5.82 Å². The summed E-state index contributed by atoms with van der Waals surface area (Å²) in [5.74, 6) is 1.43. The van der Waals surface area contributed by atoms with Crippen LogP contribution in [0, 0.1) is 0 Å². The van der Waals surface area contributed by atoms with Crippen molar-refractivity contribution in [1.29, 1.82) is 0 Å². The van der Waals surface area contributed by atoms with Crippen LogP contribution in [-0.4, -0.2) is 14.5 Å². The molecule has 0 saturated carbocycles. The molecule has 0 N–H and O–H groups in total. The topological polar surface area (TPSA) is 43.9 Å². The Kier molecular flexibility index (Phi) is 6.27. The first kappa shape index (κ1) is 29.9. The Morgan fingerprint density at radius 1 is 0.472 bits per heavy atom. The molecule has 1 aliphatic rings. The van der Waals surface area contributed by atoms with Crippen LogP contribution in [0.5, 0.6) is 0 Å². The van der Waals surface area contributed by atoms with Crippen molar-refractivity contribution in [3.05, 3.63) is 175 Å². The Bertz CT molecular complexity index is 3080. The first-order valence-corrected chi connectivity index (χ1v) is 18.2. The van der Waals surface area contributed by atoms with Crippen LogP contribution in [-0.2, 0) is 5.41 Å². The van der Waals surface area contributed by atoms with Crippen molar-refractivity contribution >= 4 is 43.7 Å². The second kappa shape index (κ2) is 11.1. The van der Waals surface area contributed by atoms with E-state index in [0.29, 0.717) is 5.82 Å². The van der Waals surface area contributed by atoms with Crippen LogP contribution in [0.3, 0.4) is 0 Å². The lowest BCUT2D eigenvalue weighted by atomic mass is 9.82. The van der Waals surface area contributed by atoms with E-state index in [1.54, 1.807) is 0 Å². The molecule has 0 bridgehead atoms. The van der Waals surface area contributed by atoms with Gasteiger partial charge in [-0.05, 0) is 63.7 Å². The van der Waals surface area contributed by atoms with E-state index in [0.717, 1.165) is 61.2 Å². The summed E-state index contributed by atoms with van der Waals surface area (Å²) in [5, 5.41) is 4.55. The lowest BCUT2D eigenvalue weighted by molar-refractivity contribution is 0.661. The van der Waals surface area contributed by atoms with Crippen LogP contribution < -0.4 is 0 Å². The number of hydrogen-bond donors (Lipinski definition) is 0. The fourth-order valence-corrected chi connectivity index (χ4v) is 8.61. The maximum atomic E-state index is 6.54. The summed E-state index contributed by atoms with van der Waals surface area (Å²) in [5.41, 5.74) is 14.1. The largest absolute Gasteiger partial charge is 0.455 e. The molecule has 0 amide bonds. The highest BCUT2D eigenvalue weighted by Crippen LogP contribution is 2.51. The zero-order chi connectivity index (χ0) is 35.3. The summed E-state index contributed by atoms with van der Waals surface area (Å²) in [4.78, 5) is 10.7. The van der Waals surface area contributed by atoms with E-state index in [9.17, 15) is 0 Å². The molecule has 10 aromatic rings. The van der Waals surface area contributed by atoms with E-state index in [-0.39, 0.29) is 5.41 Å². The van der Waals surface area contributed by atoms with E-state index in [2.05, 4.69) is 164 Å². The predicted molar refractivity (Wildman–Crippen MR) is 218 cm³/mol. The van der Waals surface area contributed by atoms with Gasteiger partial charge in [-0.1, -0.05) is 141 Å². The zero-order valence-corrected chi connectivity index (χ0v) is 29.3. The van der Waals surface area contributed by atoms with Crippen LogP contribution in [0.15, 0.2) is 168 Å². The molecule has 0 saturated heterocycles. The highest BCUT2D eigenvalue weighted by atomic mass is 16.3. The van der Waals surface area contributed by atoms with Gasteiger partial charge in [0.1, 0.15) is 17.0 Å². The van der Waals surface area contributed by atoms with Gasteiger partial charge in [0.2, 0.25) is 0 Å². The number of aromatic nitrogens is 3. The molecular weight excluding hydrogens is 647 g/mol. The molecule has 4 nitrogen and oxygen atoms in total. The predicted octanol–water partition coefficient (Wildman–Crippen LogP) is 12.8. The average Bonchev–Trinajstić information content (AvgIpc) is 3.83. The quantitative estimate of drug-likeness (QED) is 0.186. The molecule has 7 aromatic carbocycles. The molecule has 0 spiro atoms. The van der Waals surface area contributed by atoms with Crippen molar-refractivity contribution < 1.29 is 4.42 Å². The average molecular weight is 680 g/mol. The molecule has 0 radical (unpaired) electrons. The van der Waals surface area contributed by atoms with Crippen molar-refractivity contribution in [1.82, 2.24) is 14.5 Å². The molecule has 3 heterocycles. The highest BCUT2D eigenvalue weighted by molar-refractivity contribution is 6.12. The molecular formula is C49H33N3O. The van der Waals surface area contributed by atoms with Gasteiger partial charge in [0.05, 0.1) is 22.3 Å². The molecule has 1 aliphatic carbocycles. The van der Waals surface area contributed by atoms with E-state index in [1.807, 2.05) is 18.2 Å². The van der Waals surface area contributed by atoms with Crippen molar-refractivity contribution in [3.8, 4) is 50.7 Å². The number of benzene rings is 7.